The Balaban J connectivity index is 0.00000196. The van der Waals surface area contributed by atoms with E-state index in [1.807, 2.05) is 0 Å². The Morgan fingerprint density at radius 3 is 2.75 bits per heavy atom. The molecule has 2 heterocycles. The van der Waals surface area contributed by atoms with Crippen LogP contribution in [-0.4, -0.2) is 32.4 Å². The Bertz CT molecular complexity index is 914. The first kappa shape index (κ1) is 24.3. The molecular formula is C17H21Cl2FN4O3S. The summed E-state index contributed by atoms with van der Waals surface area (Å²) < 4.78 is 40.9. The van der Waals surface area contributed by atoms with Crippen molar-refractivity contribution in [1.82, 2.24) is 15.0 Å². The Hall–Kier alpha value is -1.78. The SMILES string of the molecule is Cl.Cl.O=C(CCNS(=O)(=O)c1cccnc1)Nc1ccc2c(c1F)CCNC2. The van der Waals surface area contributed by atoms with E-state index in [4.69, 9.17) is 0 Å². The van der Waals surface area contributed by atoms with E-state index < -0.39 is 21.7 Å². The monoisotopic (exact) mass is 450 g/mol. The lowest BCUT2D eigenvalue weighted by atomic mass is 9.99. The molecule has 0 radical (unpaired) electrons. The van der Waals surface area contributed by atoms with E-state index in [0.717, 1.165) is 5.56 Å². The Kier molecular flexibility index (Phi) is 9.25. The number of carbonyl (C=O) groups is 1. The second-order valence-electron chi connectivity index (χ2n) is 5.88. The highest BCUT2D eigenvalue weighted by molar-refractivity contribution is 7.89. The molecule has 0 saturated carbocycles. The number of hydrogen-bond donors (Lipinski definition) is 3. The summed E-state index contributed by atoms with van der Waals surface area (Å²) in [6, 6.07) is 6.23. The van der Waals surface area contributed by atoms with Gasteiger partial charge in [0.1, 0.15) is 10.7 Å². The van der Waals surface area contributed by atoms with Crippen molar-refractivity contribution in [1.29, 1.82) is 0 Å². The van der Waals surface area contributed by atoms with Crippen LogP contribution >= 0.6 is 24.8 Å². The highest BCUT2D eigenvalue weighted by atomic mass is 35.5. The van der Waals surface area contributed by atoms with Gasteiger partial charge in [0.25, 0.3) is 0 Å². The van der Waals surface area contributed by atoms with Gasteiger partial charge in [0.05, 0.1) is 5.69 Å². The molecule has 0 fully saturated rings. The number of nitrogens with zero attached hydrogens (tertiary/aromatic N) is 1. The molecule has 1 aliphatic heterocycles. The average molecular weight is 451 g/mol. The lowest BCUT2D eigenvalue weighted by Crippen LogP contribution is -2.28. The fraction of sp³-hybridized carbons (Fsp3) is 0.294. The van der Waals surface area contributed by atoms with Gasteiger partial charge in [0.15, 0.2) is 0 Å². The van der Waals surface area contributed by atoms with Crippen LogP contribution in [0.5, 0.6) is 0 Å². The third-order valence-electron chi connectivity index (χ3n) is 4.07. The van der Waals surface area contributed by atoms with Gasteiger partial charge in [-0.25, -0.2) is 17.5 Å². The summed E-state index contributed by atoms with van der Waals surface area (Å²) in [7, 11) is -3.72. The number of rotatable bonds is 6. The average Bonchev–Trinajstić information content (AvgIpc) is 2.65. The van der Waals surface area contributed by atoms with Crippen molar-refractivity contribution in [3.05, 3.63) is 53.6 Å². The summed E-state index contributed by atoms with van der Waals surface area (Å²) in [6.45, 7) is 1.20. The zero-order valence-electron chi connectivity index (χ0n) is 14.8. The van der Waals surface area contributed by atoms with Crippen LogP contribution in [0.2, 0.25) is 0 Å². The molecule has 0 aliphatic carbocycles. The third kappa shape index (κ3) is 5.86. The molecule has 1 amide bonds. The Morgan fingerprint density at radius 2 is 2.04 bits per heavy atom. The van der Waals surface area contributed by atoms with Gasteiger partial charge in [-0.3, -0.25) is 9.78 Å². The van der Waals surface area contributed by atoms with Crippen LogP contribution < -0.4 is 15.4 Å². The molecule has 3 N–H and O–H groups in total. The molecule has 0 unspecified atom stereocenters. The van der Waals surface area contributed by atoms with Crippen LogP contribution in [0.25, 0.3) is 0 Å². The number of anilines is 1. The number of fused-ring (bicyclic) bond motifs is 1. The summed E-state index contributed by atoms with van der Waals surface area (Å²) in [5.74, 6) is -0.889. The van der Waals surface area contributed by atoms with Gasteiger partial charge < -0.3 is 10.6 Å². The molecule has 7 nitrogen and oxygen atoms in total. The van der Waals surface area contributed by atoms with E-state index in [0.29, 0.717) is 25.1 Å². The molecular weight excluding hydrogens is 430 g/mol. The quantitative estimate of drug-likeness (QED) is 0.624. The molecule has 0 saturated heterocycles. The van der Waals surface area contributed by atoms with Gasteiger partial charge in [-0.05, 0) is 42.3 Å². The summed E-state index contributed by atoms with van der Waals surface area (Å²) >= 11 is 0. The molecule has 28 heavy (non-hydrogen) atoms. The predicted molar refractivity (Wildman–Crippen MR) is 109 cm³/mol. The third-order valence-corrected chi connectivity index (χ3v) is 5.52. The summed E-state index contributed by atoms with van der Waals surface area (Å²) in [5.41, 5.74) is 1.61. The Labute approximate surface area is 175 Å². The molecule has 0 atom stereocenters. The number of benzene rings is 1. The van der Waals surface area contributed by atoms with Crippen molar-refractivity contribution in [3.8, 4) is 0 Å². The van der Waals surface area contributed by atoms with Crippen LogP contribution in [0, 0.1) is 5.82 Å². The number of carbonyl (C=O) groups excluding carboxylic acids is 1. The van der Waals surface area contributed by atoms with Crippen LogP contribution in [-0.2, 0) is 27.8 Å². The molecule has 1 aliphatic rings. The van der Waals surface area contributed by atoms with Crippen molar-refractivity contribution in [2.75, 3.05) is 18.4 Å². The van der Waals surface area contributed by atoms with E-state index in [9.17, 15) is 17.6 Å². The van der Waals surface area contributed by atoms with Crippen molar-refractivity contribution in [3.63, 3.8) is 0 Å². The molecule has 1 aromatic heterocycles. The minimum Gasteiger partial charge on any atom is -0.324 e. The van der Waals surface area contributed by atoms with Gasteiger partial charge in [-0.2, -0.15) is 0 Å². The Morgan fingerprint density at radius 1 is 1.25 bits per heavy atom. The van der Waals surface area contributed by atoms with Crippen LogP contribution in [0.4, 0.5) is 10.1 Å². The number of hydrogen-bond acceptors (Lipinski definition) is 5. The molecule has 0 bridgehead atoms. The summed E-state index contributed by atoms with van der Waals surface area (Å²) in [4.78, 5) is 15.8. The maximum Gasteiger partial charge on any atom is 0.242 e. The van der Waals surface area contributed by atoms with E-state index in [2.05, 4.69) is 20.3 Å². The summed E-state index contributed by atoms with van der Waals surface area (Å²) in [5, 5.41) is 5.67. The lowest BCUT2D eigenvalue weighted by Gasteiger charge is -2.19. The fourth-order valence-corrected chi connectivity index (χ4v) is 3.73. The molecule has 2 aromatic rings. The lowest BCUT2D eigenvalue weighted by molar-refractivity contribution is -0.116. The van der Waals surface area contributed by atoms with Crippen LogP contribution in [0.1, 0.15) is 17.5 Å². The van der Waals surface area contributed by atoms with Gasteiger partial charge in [-0.15, -0.1) is 24.8 Å². The second kappa shape index (κ2) is 10.7. The minimum absolute atomic E-state index is 0. The van der Waals surface area contributed by atoms with Gasteiger partial charge in [-0.1, -0.05) is 6.07 Å². The van der Waals surface area contributed by atoms with E-state index >= 15 is 0 Å². The normalized spacial score (nSPS) is 12.9. The first-order chi connectivity index (χ1) is 12.5. The van der Waals surface area contributed by atoms with Gasteiger partial charge in [0.2, 0.25) is 15.9 Å². The van der Waals surface area contributed by atoms with Crippen molar-refractivity contribution >= 4 is 46.4 Å². The highest BCUT2D eigenvalue weighted by Crippen LogP contribution is 2.24. The van der Waals surface area contributed by atoms with Crippen molar-refractivity contribution in [2.45, 2.75) is 24.3 Å². The number of pyridine rings is 1. The van der Waals surface area contributed by atoms with E-state index in [1.165, 1.54) is 30.6 Å². The topological polar surface area (TPSA) is 100 Å². The zero-order chi connectivity index (χ0) is 18.6. The number of amides is 1. The van der Waals surface area contributed by atoms with Crippen LogP contribution in [0.3, 0.4) is 0 Å². The zero-order valence-corrected chi connectivity index (χ0v) is 17.2. The molecule has 11 heteroatoms. The first-order valence-electron chi connectivity index (χ1n) is 8.18. The standard InChI is InChI=1S/C17H19FN4O3S.2ClH/c18-17-14-5-8-20-10-12(14)3-4-15(17)22-16(23)6-9-21-26(24,25)13-2-1-7-19-11-13;;/h1-4,7,11,20-21H,5-6,8-10H2,(H,22,23);2*1H. The summed E-state index contributed by atoms with van der Waals surface area (Å²) in [6.07, 6.45) is 3.14. The molecule has 0 spiro atoms. The maximum atomic E-state index is 14.5. The minimum atomic E-state index is -3.72. The largest absolute Gasteiger partial charge is 0.324 e. The molecule has 3 rings (SSSR count). The van der Waals surface area contributed by atoms with Crippen molar-refractivity contribution < 1.29 is 17.6 Å². The predicted octanol–water partition coefficient (Wildman–Crippen LogP) is 2.02. The number of sulfonamides is 1. The maximum absolute atomic E-state index is 14.5. The van der Waals surface area contributed by atoms with Gasteiger partial charge >= 0.3 is 0 Å². The fourth-order valence-electron chi connectivity index (χ4n) is 2.73. The van der Waals surface area contributed by atoms with Crippen LogP contribution in [0.15, 0.2) is 41.6 Å². The van der Waals surface area contributed by atoms with E-state index in [1.54, 1.807) is 6.07 Å². The second-order valence-corrected chi connectivity index (χ2v) is 7.64. The highest BCUT2D eigenvalue weighted by Gasteiger charge is 2.18. The van der Waals surface area contributed by atoms with E-state index in [-0.39, 0.29) is 48.4 Å². The number of aromatic nitrogens is 1. The van der Waals surface area contributed by atoms with Gasteiger partial charge in [0, 0.05) is 31.9 Å². The molecule has 1 aromatic carbocycles. The molecule has 154 valence electrons. The first-order valence-corrected chi connectivity index (χ1v) is 9.66. The van der Waals surface area contributed by atoms with Crippen molar-refractivity contribution in [2.24, 2.45) is 0 Å². The number of nitrogens with one attached hydrogen (secondary N) is 3. The smallest absolute Gasteiger partial charge is 0.242 e. The number of halogens is 3.